The summed E-state index contributed by atoms with van der Waals surface area (Å²) in [5.41, 5.74) is 0. The first-order valence-electron chi connectivity index (χ1n) is 4.39. The number of hydrogen-bond acceptors (Lipinski definition) is 1. The van der Waals surface area contributed by atoms with Gasteiger partial charge in [-0.05, 0) is 24.7 Å². The largest absolute Gasteiger partial charge is 0.481 e. The lowest BCUT2D eigenvalue weighted by Crippen LogP contribution is -2.22. The fourth-order valence-corrected chi connectivity index (χ4v) is 2.20. The molecule has 2 heteroatoms. The second kappa shape index (κ2) is 3.24. The Bertz CT molecular complexity index is 154. The van der Waals surface area contributed by atoms with Crippen molar-refractivity contribution in [1.82, 2.24) is 0 Å². The summed E-state index contributed by atoms with van der Waals surface area (Å²) in [6, 6.07) is 0. The van der Waals surface area contributed by atoms with Crippen LogP contribution >= 0.6 is 0 Å². The number of hydrogen-bond donors (Lipinski definition) is 1. The molecule has 11 heavy (non-hydrogen) atoms. The summed E-state index contributed by atoms with van der Waals surface area (Å²) in [7, 11) is 0. The van der Waals surface area contributed by atoms with Gasteiger partial charge >= 0.3 is 5.97 Å². The normalized spacial score (nSPS) is 37.5. The van der Waals surface area contributed by atoms with Crippen LogP contribution in [0.4, 0.5) is 0 Å². The molecular weight excluding hydrogens is 140 g/mol. The summed E-state index contributed by atoms with van der Waals surface area (Å²) in [5.74, 6) is 0.154. The molecule has 1 fully saturated rings. The Morgan fingerprint density at radius 3 is 2.55 bits per heavy atom. The van der Waals surface area contributed by atoms with E-state index < -0.39 is 5.97 Å². The molecule has 0 radical (unpaired) electrons. The smallest absolute Gasteiger partial charge is 0.307 e. The van der Waals surface area contributed by atoms with Gasteiger partial charge in [0, 0.05) is 0 Å². The molecule has 0 amide bonds. The lowest BCUT2D eigenvalue weighted by atomic mass is 9.89. The third-order valence-electron chi connectivity index (χ3n) is 2.92. The summed E-state index contributed by atoms with van der Waals surface area (Å²) in [6.45, 7) is 4.13. The molecule has 0 aliphatic heterocycles. The van der Waals surface area contributed by atoms with Gasteiger partial charge in [-0.15, -0.1) is 0 Å². The predicted octanol–water partition coefficient (Wildman–Crippen LogP) is 2.14. The third-order valence-corrected chi connectivity index (χ3v) is 2.92. The molecule has 1 rings (SSSR count). The Labute approximate surface area is 67.6 Å². The molecule has 3 unspecified atom stereocenters. The van der Waals surface area contributed by atoms with Crippen molar-refractivity contribution in [2.45, 2.75) is 33.1 Å². The van der Waals surface area contributed by atoms with Crippen LogP contribution in [0.5, 0.6) is 0 Å². The summed E-state index contributed by atoms with van der Waals surface area (Å²) < 4.78 is 0. The first-order chi connectivity index (χ1) is 5.16. The average molecular weight is 156 g/mol. The summed E-state index contributed by atoms with van der Waals surface area (Å²) >= 11 is 0. The molecular formula is C9H16O2. The van der Waals surface area contributed by atoms with Gasteiger partial charge < -0.3 is 5.11 Å². The summed E-state index contributed by atoms with van der Waals surface area (Å²) in [5, 5.41) is 8.89. The Morgan fingerprint density at radius 2 is 2.18 bits per heavy atom. The lowest BCUT2D eigenvalue weighted by molar-refractivity contribution is -0.144. The van der Waals surface area contributed by atoms with Crippen LogP contribution in [0.1, 0.15) is 33.1 Å². The average Bonchev–Trinajstić information content (AvgIpc) is 2.30. The van der Waals surface area contributed by atoms with E-state index in [-0.39, 0.29) is 5.92 Å². The Morgan fingerprint density at radius 1 is 1.55 bits per heavy atom. The molecule has 1 N–H and O–H groups in total. The zero-order chi connectivity index (χ0) is 8.43. The lowest BCUT2D eigenvalue weighted by Gasteiger charge is -2.16. The van der Waals surface area contributed by atoms with Crippen molar-refractivity contribution in [1.29, 1.82) is 0 Å². The quantitative estimate of drug-likeness (QED) is 0.665. The van der Waals surface area contributed by atoms with Gasteiger partial charge in [-0.1, -0.05) is 20.3 Å². The Hall–Kier alpha value is -0.530. The molecule has 64 valence electrons. The van der Waals surface area contributed by atoms with Crippen molar-refractivity contribution in [2.75, 3.05) is 0 Å². The maximum Gasteiger partial charge on any atom is 0.307 e. The van der Waals surface area contributed by atoms with E-state index in [2.05, 4.69) is 13.8 Å². The molecule has 0 bridgehead atoms. The van der Waals surface area contributed by atoms with Crippen molar-refractivity contribution in [3.8, 4) is 0 Å². The van der Waals surface area contributed by atoms with Crippen molar-refractivity contribution in [2.24, 2.45) is 17.8 Å². The Balaban J connectivity index is 2.63. The van der Waals surface area contributed by atoms with E-state index in [0.29, 0.717) is 11.8 Å². The van der Waals surface area contributed by atoms with Gasteiger partial charge in [-0.25, -0.2) is 0 Å². The molecule has 1 aliphatic carbocycles. The van der Waals surface area contributed by atoms with Crippen LogP contribution in [0.15, 0.2) is 0 Å². The minimum absolute atomic E-state index is 0.0694. The van der Waals surface area contributed by atoms with E-state index in [4.69, 9.17) is 5.11 Å². The van der Waals surface area contributed by atoms with E-state index >= 15 is 0 Å². The van der Waals surface area contributed by atoms with Crippen molar-refractivity contribution >= 4 is 5.97 Å². The van der Waals surface area contributed by atoms with E-state index in [1.165, 1.54) is 0 Å². The van der Waals surface area contributed by atoms with E-state index in [9.17, 15) is 4.79 Å². The molecule has 3 atom stereocenters. The topological polar surface area (TPSA) is 37.3 Å². The van der Waals surface area contributed by atoms with Crippen molar-refractivity contribution in [3.63, 3.8) is 0 Å². The number of carboxylic acids is 1. The van der Waals surface area contributed by atoms with E-state index in [0.717, 1.165) is 19.3 Å². The Kier molecular flexibility index (Phi) is 2.53. The van der Waals surface area contributed by atoms with Crippen LogP contribution in [0.25, 0.3) is 0 Å². The number of rotatable bonds is 2. The molecule has 1 aliphatic rings. The molecule has 2 nitrogen and oxygen atoms in total. The van der Waals surface area contributed by atoms with Crippen LogP contribution in [-0.2, 0) is 4.79 Å². The highest BCUT2D eigenvalue weighted by atomic mass is 16.4. The number of carbonyl (C=O) groups is 1. The summed E-state index contributed by atoms with van der Waals surface area (Å²) in [6.07, 6.45) is 3.21. The highest BCUT2D eigenvalue weighted by Gasteiger charge is 2.37. The second-order valence-corrected chi connectivity index (χ2v) is 3.59. The molecule has 1 saturated carbocycles. The van der Waals surface area contributed by atoms with Gasteiger partial charge in [0.2, 0.25) is 0 Å². The minimum atomic E-state index is -0.596. The van der Waals surface area contributed by atoms with Gasteiger partial charge in [0.25, 0.3) is 0 Å². The fourth-order valence-electron chi connectivity index (χ4n) is 2.20. The minimum Gasteiger partial charge on any atom is -0.481 e. The maximum atomic E-state index is 10.8. The first-order valence-corrected chi connectivity index (χ1v) is 4.39. The van der Waals surface area contributed by atoms with Crippen molar-refractivity contribution in [3.05, 3.63) is 0 Å². The van der Waals surface area contributed by atoms with Gasteiger partial charge in [-0.3, -0.25) is 4.79 Å². The fraction of sp³-hybridized carbons (Fsp3) is 0.889. The first kappa shape index (κ1) is 8.57. The van der Waals surface area contributed by atoms with Crippen LogP contribution in [0.2, 0.25) is 0 Å². The predicted molar refractivity (Wildman–Crippen MR) is 43.3 cm³/mol. The SMILES string of the molecule is CCC1CCC(C)C1C(=O)O. The molecule has 0 aromatic carbocycles. The van der Waals surface area contributed by atoms with Crippen molar-refractivity contribution < 1.29 is 9.90 Å². The van der Waals surface area contributed by atoms with Crippen LogP contribution in [0.3, 0.4) is 0 Å². The molecule has 0 aromatic heterocycles. The van der Waals surface area contributed by atoms with Gasteiger partial charge in [0.1, 0.15) is 0 Å². The van der Waals surface area contributed by atoms with Gasteiger partial charge in [0.15, 0.2) is 0 Å². The van der Waals surface area contributed by atoms with E-state index in [1.807, 2.05) is 0 Å². The second-order valence-electron chi connectivity index (χ2n) is 3.59. The molecule has 0 heterocycles. The van der Waals surface area contributed by atoms with Gasteiger partial charge in [0.05, 0.1) is 5.92 Å². The molecule has 0 aromatic rings. The molecule has 0 saturated heterocycles. The number of carboxylic acid groups (broad SMARTS) is 1. The van der Waals surface area contributed by atoms with Gasteiger partial charge in [-0.2, -0.15) is 0 Å². The standard InChI is InChI=1S/C9H16O2/c1-3-7-5-4-6(2)8(7)9(10)11/h6-8H,3-5H2,1-2H3,(H,10,11). The third kappa shape index (κ3) is 1.55. The zero-order valence-corrected chi connectivity index (χ0v) is 7.21. The highest BCUT2D eigenvalue weighted by molar-refractivity contribution is 5.71. The zero-order valence-electron chi connectivity index (χ0n) is 7.21. The highest BCUT2D eigenvalue weighted by Crippen LogP contribution is 2.38. The summed E-state index contributed by atoms with van der Waals surface area (Å²) in [4.78, 5) is 10.8. The van der Waals surface area contributed by atoms with E-state index in [1.54, 1.807) is 0 Å². The van der Waals surface area contributed by atoms with Crippen LogP contribution in [-0.4, -0.2) is 11.1 Å². The maximum absolute atomic E-state index is 10.8. The van der Waals surface area contributed by atoms with Crippen LogP contribution < -0.4 is 0 Å². The van der Waals surface area contributed by atoms with Crippen LogP contribution in [0, 0.1) is 17.8 Å². The number of aliphatic carboxylic acids is 1. The molecule has 0 spiro atoms. The monoisotopic (exact) mass is 156 g/mol.